The van der Waals surface area contributed by atoms with E-state index in [4.69, 9.17) is 0 Å². The Bertz CT molecular complexity index is 568. The molecule has 26 heavy (non-hydrogen) atoms. The van der Waals surface area contributed by atoms with Crippen LogP contribution in [-0.2, 0) is 16.0 Å². The second-order valence-corrected chi connectivity index (χ2v) is 6.40. The van der Waals surface area contributed by atoms with Gasteiger partial charge in [-0.1, -0.05) is 37.3 Å². The van der Waals surface area contributed by atoms with Gasteiger partial charge in [-0.2, -0.15) is 0 Å². The Morgan fingerprint density at radius 2 is 1.58 bits per heavy atom. The number of nitrogens with zero attached hydrogens (tertiary/aromatic N) is 1. The van der Waals surface area contributed by atoms with Crippen molar-refractivity contribution in [2.45, 2.75) is 38.4 Å². The largest absolute Gasteiger partial charge is 0.368 e. The molecule has 0 saturated heterocycles. The minimum Gasteiger partial charge on any atom is -0.368 e. The number of nitrogens with one attached hydrogen (secondary N) is 1. The molecule has 0 aromatic heterocycles. The van der Waals surface area contributed by atoms with Gasteiger partial charge in [-0.15, -0.1) is 0 Å². The first-order chi connectivity index (χ1) is 12.2. The van der Waals surface area contributed by atoms with Gasteiger partial charge in [-0.3, -0.25) is 9.59 Å². The van der Waals surface area contributed by atoms with Crippen molar-refractivity contribution in [1.82, 2.24) is 10.2 Å². The predicted molar refractivity (Wildman–Crippen MR) is 94.5 cm³/mol. The summed E-state index contributed by atoms with van der Waals surface area (Å²) >= 11 is 0. The molecule has 5 N–H and O–H groups in total. The molecule has 1 aromatic carbocycles. The number of rotatable bonds is 9. The number of hydrogen-bond acceptors (Lipinski definition) is 6. The highest BCUT2D eigenvalue weighted by Gasteiger charge is 2.37. The van der Waals surface area contributed by atoms with E-state index in [1.807, 2.05) is 30.3 Å². The van der Waals surface area contributed by atoms with Crippen molar-refractivity contribution in [2.24, 2.45) is 11.8 Å². The summed E-state index contributed by atoms with van der Waals surface area (Å²) in [5.74, 6) is -3.52. The van der Waals surface area contributed by atoms with Crippen LogP contribution in [0.3, 0.4) is 0 Å². The highest BCUT2D eigenvalue weighted by Crippen LogP contribution is 2.22. The van der Waals surface area contributed by atoms with Gasteiger partial charge >= 0.3 is 0 Å². The first-order valence-electron chi connectivity index (χ1n) is 8.46. The van der Waals surface area contributed by atoms with E-state index >= 15 is 0 Å². The van der Waals surface area contributed by atoms with Crippen LogP contribution in [0.25, 0.3) is 0 Å². The van der Waals surface area contributed by atoms with Crippen molar-refractivity contribution in [1.29, 1.82) is 0 Å². The number of benzene rings is 1. The molecule has 0 aliphatic rings. The SMILES string of the molecule is CCC(C(=O)NC(Cc1ccccc1)C(=O)N(C)C)C(C(O)O)C(O)O. The first-order valence-corrected chi connectivity index (χ1v) is 8.46. The predicted octanol–water partition coefficient (Wildman–Crippen LogP) is -0.934. The summed E-state index contributed by atoms with van der Waals surface area (Å²) in [6.45, 7) is 1.61. The van der Waals surface area contributed by atoms with E-state index in [-0.39, 0.29) is 18.7 Å². The molecule has 2 atom stereocenters. The Morgan fingerprint density at radius 1 is 1.04 bits per heavy atom. The molecular formula is C18H28N2O6. The standard InChI is InChI=1S/C18H28N2O6/c1-4-12(14(17(23)24)18(25)26)15(21)19-13(16(22)20(2)3)10-11-8-6-5-7-9-11/h5-9,12-14,17-18,23-26H,4,10H2,1-3H3,(H,19,21). The van der Waals surface area contributed by atoms with Gasteiger partial charge in [0.15, 0.2) is 12.6 Å². The summed E-state index contributed by atoms with van der Waals surface area (Å²) in [5.41, 5.74) is 0.849. The van der Waals surface area contributed by atoms with Crippen LogP contribution in [0.2, 0.25) is 0 Å². The zero-order chi connectivity index (χ0) is 19.9. The summed E-state index contributed by atoms with van der Waals surface area (Å²) in [6.07, 6.45) is -3.76. The van der Waals surface area contributed by atoms with Crippen molar-refractivity contribution >= 4 is 11.8 Å². The zero-order valence-electron chi connectivity index (χ0n) is 15.2. The zero-order valence-corrected chi connectivity index (χ0v) is 15.2. The maximum Gasteiger partial charge on any atom is 0.244 e. The summed E-state index contributed by atoms with van der Waals surface area (Å²) in [5, 5.41) is 40.1. The van der Waals surface area contributed by atoms with Crippen LogP contribution in [-0.4, -0.2) is 69.9 Å². The maximum absolute atomic E-state index is 12.6. The fourth-order valence-electron chi connectivity index (χ4n) is 2.84. The molecule has 1 rings (SSSR count). The quantitative estimate of drug-likeness (QED) is 0.358. The van der Waals surface area contributed by atoms with E-state index in [2.05, 4.69) is 5.32 Å². The Balaban J connectivity index is 3.00. The lowest BCUT2D eigenvalue weighted by atomic mass is 9.87. The monoisotopic (exact) mass is 368 g/mol. The van der Waals surface area contributed by atoms with Crippen LogP contribution in [0.1, 0.15) is 18.9 Å². The molecule has 0 heterocycles. The van der Waals surface area contributed by atoms with E-state index in [1.54, 1.807) is 21.0 Å². The van der Waals surface area contributed by atoms with Crippen molar-refractivity contribution in [3.05, 3.63) is 35.9 Å². The van der Waals surface area contributed by atoms with Gasteiger partial charge in [0.1, 0.15) is 6.04 Å². The molecule has 0 bridgehead atoms. The minimum absolute atomic E-state index is 0.139. The van der Waals surface area contributed by atoms with Gasteiger partial charge in [0, 0.05) is 20.5 Å². The van der Waals surface area contributed by atoms with E-state index in [0.29, 0.717) is 0 Å². The fraction of sp³-hybridized carbons (Fsp3) is 0.556. The number of aliphatic hydroxyl groups is 4. The molecule has 8 heteroatoms. The van der Waals surface area contributed by atoms with Crippen LogP contribution in [0.15, 0.2) is 30.3 Å². The Morgan fingerprint density at radius 3 is 2.00 bits per heavy atom. The molecule has 0 saturated carbocycles. The molecule has 0 fully saturated rings. The number of likely N-dealkylation sites (N-methyl/N-ethyl adjacent to an activating group) is 1. The lowest BCUT2D eigenvalue weighted by Gasteiger charge is -2.30. The van der Waals surface area contributed by atoms with Crippen molar-refractivity contribution < 1.29 is 30.0 Å². The summed E-state index contributed by atoms with van der Waals surface area (Å²) in [4.78, 5) is 26.4. The van der Waals surface area contributed by atoms with Crippen LogP contribution in [0.4, 0.5) is 0 Å². The van der Waals surface area contributed by atoms with E-state index < -0.39 is 36.4 Å². The van der Waals surface area contributed by atoms with Crippen LogP contribution in [0, 0.1) is 11.8 Å². The van der Waals surface area contributed by atoms with Crippen molar-refractivity contribution in [2.75, 3.05) is 14.1 Å². The minimum atomic E-state index is -2.08. The second kappa shape index (κ2) is 10.2. The first kappa shape index (κ1) is 22.0. The van der Waals surface area contributed by atoms with Gasteiger partial charge < -0.3 is 30.6 Å². The third-order valence-electron chi connectivity index (χ3n) is 4.27. The molecule has 2 unspecified atom stereocenters. The molecular weight excluding hydrogens is 340 g/mol. The Labute approximate surface area is 153 Å². The fourth-order valence-corrected chi connectivity index (χ4v) is 2.84. The summed E-state index contributed by atoms with van der Waals surface area (Å²) in [6, 6.07) is 8.29. The van der Waals surface area contributed by atoms with Crippen LogP contribution in [0.5, 0.6) is 0 Å². The van der Waals surface area contributed by atoms with Gasteiger partial charge in [0.25, 0.3) is 0 Å². The van der Waals surface area contributed by atoms with E-state index in [0.717, 1.165) is 5.56 Å². The topological polar surface area (TPSA) is 130 Å². The van der Waals surface area contributed by atoms with Gasteiger partial charge in [0.2, 0.25) is 11.8 Å². The van der Waals surface area contributed by atoms with E-state index in [9.17, 15) is 30.0 Å². The van der Waals surface area contributed by atoms with E-state index in [1.165, 1.54) is 4.90 Å². The third-order valence-corrected chi connectivity index (χ3v) is 4.27. The highest BCUT2D eigenvalue weighted by molar-refractivity contribution is 5.88. The molecule has 0 aliphatic heterocycles. The van der Waals surface area contributed by atoms with Crippen molar-refractivity contribution in [3.8, 4) is 0 Å². The second-order valence-electron chi connectivity index (χ2n) is 6.40. The number of amides is 2. The Kier molecular flexibility index (Phi) is 8.67. The number of aliphatic hydroxyl groups excluding tert-OH is 2. The molecule has 0 spiro atoms. The normalized spacial score (nSPS) is 13.8. The van der Waals surface area contributed by atoms with Gasteiger partial charge in [-0.05, 0) is 12.0 Å². The van der Waals surface area contributed by atoms with Gasteiger partial charge in [-0.25, -0.2) is 0 Å². The lowest BCUT2D eigenvalue weighted by molar-refractivity contribution is -0.197. The summed E-state index contributed by atoms with van der Waals surface area (Å²) < 4.78 is 0. The lowest BCUT2D eigenvalue weighted by Crippen LogP contribution is -2.52. The number of carbonyl (C=O) groups is 2. The van der Waals surface area contributed by atoms with Crippen LogP contribution < -0.4 is 5.32 Å². The summed E-state index contributed by atoms with van der Waals surface area (Å²) in [7, 11) is 3.14. The molecule has 146 valence electrons. The smallest absolute Gasteiger partial charge is 0.244 e. The van der Waals surface area contributed by atoms with Crippen LogP contribution >= 0.6 is 0 Å². The highest BCUT2D eigenvalue weighted by atomic mass is 16.5. The van der Waals surface area contributed by atoms with Gasteiger partial charge in [0.05, 0.1) is 11.8 Å². The molecule has 1 aromatic rings. The number of hydrogen-bond donors (Lipinski definition) is 5. The van der Waals surface area contributed by atoms with Crippen molar-refractivity contribution in [3.63, 3.8) is 0 Å². The average Bonchev–Trinajstić information content (AvgIpc) is 2.58. The number of carbonyl (C=O) groups excluding carboxylic acids is 2. The Hall–Kier alpha value is -2.00. The average molecular weight is 368 g/mol. The molecule has 8 nitrogen and oxygen atoms in total. The maximum atomic E-state index is 12.6. The third kappa shape index (κ3) is 6.06. The molecule has 2 amide bonds. The molecule has 0 radical (unpaired) electrons. The molecule has 0 aliphatic carbocycles.